The Morgan fingerprint density at radius 3 is 1.83 bits per heavy atom. The van der Waals surface area contributed by atoms with Crippen LogP contribution in [0.3, 0.4) is 0 Å². The Morgan fingerprint density at radius 2 is 1.35 bits per heavy atom. The van der Waals surface area contributed by atoms with Crippen molar-refractivity contribution in [1.82, 2.24) is 0 Å². The van der Waals surface area contributed by atoms with Crippen LogP contribution in [0.2, 0.25) is 0 Å². The van der Waals surface area contributed by atoms with E-state index in [-0.39, 0.29) is 18.8 Å². The third-order valence-electron chi connectivity index (χ3n) is 3.37. The predicted octanol–water partition coefficient (Wildman–Crippen LogP) is 2.98. The average Bonchev–Trinajstić information content (AvgIpc) is 2.59. The zero-order valence-corrected chi connectivity index (χ0v) is 12.6. The maximum atomic E-state index is 11.8. The number of hydrogen-bond acceptors (Lipinski definition) is 4. The lowest BCUT2D eigenvalue weighted by Gasteiger charge is -2.06. The van der Waals surface area contributed by atoms with Gasteiger partial charge in [0.1, 0.15) is 0 Å². The van der Waals surface area contributed by atoms with Crippen molar-refractivity contribution >= 4 is 11.9 Å². The Hall–Kier alpha value is -2.66. The van der Waals surface area contributed by atoms with Gasteiger partial charge in [-0.25, -0.2) is 9.59 Å². The lowest BCUT2D eigenvalue weighted by atomic mass is 10.0. The van der Waals surface area contributed by atoms with E-state index in [0.717, 1.165) is 11.1 Å². The van der Waals surface area contributed by atoms with E-state index in [9.17, 15) is 9.59 Å². The van der Waals surface area contributed by atoms with Crippen molar-refractivity contribution in [2.75, 3.05) is 13.2 Å². The Balaban J connectivity index is 2.01. The molecule has 2 aromatic rings. The molecule has 0 bridgehead atoms. The number of ether oxygens (including phenoxy) is 1. The van der Waals surface area contributed by atoms with Gasteiger partial charge in [-0.1, -0.05) is 24.3 Å². The number of carboxylic acid groups (broad SMARTS) is 1. The van der Waals surface area contributed by atoms with E-state index < -0.39 is 11.9 Å². The van der Waals surface area contributed by atoms with E-state index in [1.165, 1.54) is 0 Å². The van der Waals surface area contributed by atoms with Gasteiger partial charge in [0, 0.05) is 6.61 Å². The molecule has 0 radical (unpaired) electrons. The minimum absolute atomic E-state index is 0.0902. The van der Waals surface area contributed by atoms with Gasteiger partial charge in [0.05, 0.1) is 17.7 Å². The van der Waals surface area contributed by atoms with Crippen LogP contribution in [-0.2, 0) is 4.74 Å². The number of rotatable bonds is 7. The zero-order chi connectivity index (χ0) is 16.7. The van der Waals surface area contributed by atoms with Crippen molar-refractivity contribution in [3.05, 3.63) is 59.7 Å². The summed E-state index contributed by atoms with van der Waals surface area (Å²) in [6, 6.07) is 13.5. The van der Waals surface area contributed by atoms with Gasteiger partial charge in [0.25, 0.3) is 0 Å². The molecule has 0 aliphatic rings. The Kier molecular flexibility index (Phi) is 5.88. The van der Waals surface area contributed by atoms with Crippen molar-refractivity contribution in [3.8, 4) is 11.1 Å². The fraction of sp³-hybridized carbons (Fsp3) is 0.222. The van der Waals surface area contributed by atoms with Gasteiger partial charge in [0.15, 0.2) is 0 Å². The van der Waals surface area contributed by atoms with Crippen molar-refractivity contribution in [3.63, 3.8) is 0 Å². The Labute approximate surface area is 134 Å². The molecule has 2 N–H and O–H groups in total. The Bertz CT molecular complexity index is 659. The maximum absolute atomic E-state index is 11.8. The van der Waals surface area contributed by atoms with Crippen LogP contribution in [0, 0.1) is 0 Å². The minimum atomic E-state index is -0.962. The van der Waals surface area contributed by atoms with Crippen LogP contribution in [0.5, 0.6) is 0 Å². The lowest BCUT2D eigenvalue weighted by molar-refractivity contribution is 0.0492. The number of unbranched alkanes of at least 4 members (excludes halogenated alkanes) is 1. The van der Waals surface area contributed by atoms with Gasteiger partial charge in [-0.3, -0.25) is 0 Å². The third kappa shape index (κ3) is 4.66. The first-order valence-corrected chi connectivity index (χ1v) is 7.33. The normalized spacial score (nSPS) is 10.3. The first-order valence-electron chi connectivity index (χ1n) is 7.33. The molecule has 5 nitrogen and oxygen atoms in total. The van der Waals surface area contributed by atoms with E-state index in [2.05, 4.69) is 0 Å². The first kappa shape index (κ1) is 16.7. The second kappa shape index (κ2) is 8.10. The molecule has 0 amide bonds. The smallest absolute Gasteiger partial charge is 0.338 e. The van der Waals surface area contributed by atoms with Gasteiger partial charge < -0.3 is 14.9 Å². The summed E-state index contributed by atoms with van der Waals surface area (Å²) in [5.41, 5.74) is 2.45. The van der Waals surface area contributed by atoms with Crippen molar-refractivity contribution in [2.45, 2.75) is 12.8 Å². The summed E-state index contributed by atoms with van der Waals surface area (Å²) < 4.78 is 5.10. The molecule has 2 rings (SSSR count). The summed E-state index contributed by atoms with van der Waals surface area (Å²) in [5.74, 6) is -1.36. The quantitative estimate of drug-likeness (QED) is 0.606. The van der Waals surface area contributed by atoms with Crippen LogP contribution < -0.4 is 0 Å². The molecule has 0 aliphatic heterocycles. The summed E-state index contributed by atoms with van der Waals surface area (Å²) in [6.45, 7) is 0.380. The standard InChI is InChI=1S/C18H18O5/c19-11-1-2-12-23-18(22)16-9-5-14(6-10-16)13-3-7-15(8-4-13)17(20)21/h3-10,19H,1-2,11-12H2,(H,20,21). The molecular formula is C18H18O5. The molecule has 0 saturated carbocycles. The maximum Gasteiger partial charge on any atom is 0.338 e. The van der Waals surface area contributed by atoms with E-state index in [0.29, 0.717) is 18.4 Å². The Morgan fingerprint density at radius 1 is 0.826 bits per heavy atom. The van der Waals surface area contributed by atoms with Gasteiger partial charge in [-0.15, -0.1) is 0 Å². The number of esters is 1. The SMILES string of the molecule is O=C(O)c1ccc(-c2ccc(C(=O)OCCCCO)cc2)cc1. The number of hydrogen-bond donors (Lipinski definition) is 2. The van der Waals surface area contributed by atoms with Crippen LogP contribution >= 0.6 is 0 Å². The molecule has 23 heavy (non-hydrogen) atoms. The minimum Gasteiger partial charge on any atom is -0.478 e. The molecule has 0 saturated heterocycles. The van der Waals surface area contributed by atoms with Crippen LogP contribution in [0.25, 0.3) is 11.1 Å². The average molecular weight is 314 g/mol. The number of benzene rings is 2. The summed E-state index contributed by atoms with van der Waals surface area (Å²) in [4.78, 5) is 22.7. The van der Waals surface area contributed by atoms with E-state index in [1.807, 2.05) is 0 Å². The molecule has 0 heterocycles. The molecule has 0 atom stereocenters. The number of aliphatic hydroxyl groups is 1. The van der Waals surface area contributed by atoms with Gasteiger partial charge in [-0.2, -0.15) is 0 Å². The van der Waals surface area contributed by atoms with Crippen molar-refractivity contribution in [2.24, 2.45) is 0 Å². The molecule has 2 aromatic carbocycles. The van der Waals surface area contributed by atoms with E-state index in [1.54, 1.807) is 48.5 Å². The molecule has 120 valence electrons. The van der Waals surface area contributed by atoms with Crippen molar-refractivity contribution in [1.29, 1.82) is 0 Å². The van der Waals surface area contributed by atoms with Crippen LogP contribution in [0.1, 0.15) is 33.6 Å². The summed E-state index contributed by atoms with van der Waals surface area (Å²) in [5, 5.41) is 17.5. The summed E-state index contributed by atoms with van der Waals surface area (Å²) >= 11 is 0. The number of carbonyl (C=O) groups is 2. The second-order valence-corrected chi connectivity index (χ2v) is 5.03. The van der Waals surface area contributed by atoms with Crippen molar-refractivity contribution < 1.29 is 24.5 Å². The highest BCUT2D eigenvalue weighted by Crippen LogP contribution is 2.20. The van der Waals surface area contributed by atoms with Gasteiger partial charge >= 0.3 is 11.9 Å². The summed E-state index contributed by atoms with van der Waals surface area (Å²) in [6.07, 6.45) is 1.24. The third-order valence-corrected chi connectivity index (χ3v) is 3.37. The largest absolute Gasteiger partial charge is 0.478 e. The molecule has 5 heteroatoms. The fourth-order valence-electron chi connectivity index (χ4n) is 2.07. The summed E-state index contributed by atoms with van der Waals surface area (Å²) in [7, 11) is 0. The number of aromatic carboxylic acids is 1. The number of carbonyl (C=O) groups excluding carboxylic acids is 1. The highest BCUT2D eigenvalue weighted by molar-refractivity contribution is 5.90. The first-order chi connectivity index (χ1) is 11.1. The highest BCUT2D eigenvalue weighted by Gasteiger charge is 2.08. The number of aliphatic hydroxyl groups excluding tert-OH is 1. The van der Waals surface area contributed by atoms with Crippen LogP contribution in [0.15, 0.2) is 48.5 Å². The number of carboxylic acids is 1. The zero-order valence-electron chi connectivity index (χ0n) is 12.6. The van der Waals surface area contributed by atoms with E-state index in [4.69, 9.17) is 14.9 Å². The van der Waals surface area contributed by atoms with Gasteiger partial charge in [0.2, 0.25) is 0 Å². The molecule has 0 aliphatic carbocycles. The van der Waals surface area contributed by atoms with Gasteiger partial charge in [-0.05, 0) is 48.2 Å². The molecular weight excluding hydrogens is 296 g/mol. The predicted molar refractivity (Wildman–Crippen MR) is 85.4 cm³/mol. The molecule has 0 spiro atoms. The highest BCUT2D eigenvalue weighted by atomic mass is 16.5. The van der Waals surface area contributed by atoms with E-state index >= 15 is 0 Å². The molecule has 0 unspecified atom stereocenters. The van der Waals surface area contributed by atoms with Crippen LogP contribution in [-0.4, -0.2) is 35.4 Å². The topological polar surface area (TPSA) is 83.8 Å². The fourth-order valence-corrected chi connectivity index (χ4v) is 2.07. The molecule has 0 fully saturated rings. The van der Waals surface area contributed by atoms with Crippen LogP contribution in [0.4, 0.5) is 0 Å². The second-order valence-electron chi connectivity index (χ2n) is 5.03. The monoisotopic (exact) mass is 314 g/mol. The molecule has 0 aromatic heterocycles. The lowest BCUT2D eigenvalue weighted by Crippen LogP contribution is -2.06.